The maximum absolute atomic E-state index is 8.76. The van der Waals surface area contributed by atoms with Crippen LogP contribution in [0.3, 0.4) is 0 Å². The Hall–Kier alpha value is -1.23. The minimum Gasteiger partial charge on any atom is -0.409 e. The lowest BCUT2D eigenvalue weighted by atomic mass is 9.75. The molecule has 2 unspecified atom stereocenters. The molecule has 2 atom stereocenters. The second kappa shape index (κ2) is 6.26. The van der Waals surface area contributed by atoms with Gasteiger partial charge in [-0.05, 0) is 58.8 Å². The van der Waals surface area contributed by atoms with Crippen molar-refractivity contribution in [1.29, 1.82) is 0 Å². The van der Waals surface area contributed by atoms with Gasteiger partial charge in [-0.15, -0.1) is 0 Å². The Labute approximate surface area is 134 Å². The van der Waals surface area contributed by atoms with E-state index in [1.807, 2.05) is 12.1 Å². The van der Waals surface area contributed by atoms with Crippen LogP contribution in [0, 0.1) is 11.8 Å². The fourth-order valence-electron chi connectivity index (χ4n) is 3.80. The maximum atomic E-state index is 8.76. The van der Waals surface area contributed by atoms with Gasteiger partial charge < -0.3 is 15.8 Å². The molecule has 21 heavy (non-hydrogen) atoms. The number of nitrogens with two attached hydrogens (primary N) is 1. The van der Waals surface area contributed by atoms with Crippen LogP contribution in [0.2, 0.25) is 0 Å². The number of halogens is 1. The molecule has 1 saturated carbocycles. The number of oxime groups is 1. The number of benzene rings is 1. The highest BCUT2D eigenvalue weighted by atomic mass is 79.9. The van der Waals surface area contributed by atoms with Crippen LogP contribution in [0.15, 0.2) is 27.8 Å². The van der Waals surface area contributed by atoms with E-state index in [4.69, 9.17) is 10.9 Å². The number of piperidine rings is 1. The minimum atomic E-state index is 0.147. The van der Waals surface area contributed by atoms with E-state index >= 15 is 0 Å². The molecule has 0 spiro atoms. The molecule has 2 aliphatic rings. The van der Waals surface area contributed by atoms with Crippen molar-refractivity contribution in [3.8, 4) is 0 Å². The monoisotopic (exact) mass is 351 g/mol. The van der Waals surface area contributed by atoms with Gasteiger partial charge in [-0.3, -0.25) is 0 Å². The van der Waals surface area contributed by atoms with E-state index in [0.29, 0.717) is 0 Å². The first-order chi connectivity index (χ1) is 10.2. The van der Waals surface area contributed by atoms with E-state index in [2.05, 4.69) is 32.1 Å². The molecule has 114 valence electrons. The van der Waals surface area contributed by atoms with Crippen molar-refractivity contribution in [2.24, 2.45) is 22.7 Å². The average Bonchev–Trinajstić information content (AvgIpc) is 2.53. The normalized spacial score (nSPS) is 26.5. The van der Waals surface area contributed by atoms with Crippen LogP contribution in [0.4, 0.5) is 5.69 Å². The summed E-state index contributed by atoms with van der Waals surface area (Å²) in [5.74, 6) is 1.93. The molecule has 0 bridgehead atoms. The van der Waals surface area contributed by atoms with Crippen molar-refractivity contribution in [3.05, 3.63) is 28.2 Å². The van der Waals surface area contributed by atoms with E-state index < -0.39 is 0 Å². The van der Waals surface area contributed by atoms with Crippen LogP contribution < -0.4 is 10.6 Å². The van der Waals surface area contributed by atoms with Gasteiger partial charge in [0.15, 0.2) is 5.84 Å². The van der Waals surface area contributed by atoms with Crippen LogP contribution in [0.1, 0.15) is 37.7 Å². The number of fused-ring (bicyclic) bond motifs is 1. The highest BCUT2D eigenvalue weighted by molar-refractivity contribution is 9.10. The summed E-state index contributed by atoms with van der Waals surface area (Å²) >= 11 is 3.63. The lowest BCUT2D eigenvalue weighted by Gasteiger charge is -2.42. The van der Waals surface area contributed by atoms with Crippen molar-refractivity contribution < 1.29 is 5.21 Å². The molecule has 1 aliphatic heterocycles. The molecule has 0 radical (unpaired) electrons. The molecular formula is C16H22BrN3O. The van der Waals surface area contributed by atoms with Gasteiger partial charge in [-0.25, -0.2) is 0 Å². The topological polar surface area (TPSA) is 61.9 Å². The zero-order valence-corrected chi connectivity index (χ0v) is 13.7. The van der Waals surface area contributed by atoms with Crippen molar-refractivity contribution in [2.45, 2.75) is 32.1 Å². The maximum Gasteiger partial charge on any atom is 0.170 e. The summed E-state index contributed by atoms with van der Waals surface area (Å²) in [5, 5.41) is 11.8. The Balaban J connectivity index is 1.78. The quantitative estimate of drug-likeness (QED) is 0.370. The first kappa shape index (κ1) is 14.7. The summed E-state index contributed by atoms with van der Waals surface area (Å²) in [4.78, 5) is 2.48. The molecule has 4 nitrogen and oxygen atoms in total. The first-order valence-electron chi connectivity index (χ1n) is 7.71. The fourth-order valence-corrected chi connectivity index (χ4v) is 4.43. The Bertz CT molecular complexity index is 546. The third kappa shape index (κ3) is 3.03. The van der Waals surface area contributed by atoms with Crippen molar-refractivity contribution >= 4 is 27.5 Å². The molecular weight excluding hydrogens is 330 g/mol. The predicted molar refractivity (Wildman–Crippen MR) is 88.9 cm³/mol. The van der Waals surface area contributed by atoms with Gasteiger partial charge in [0.05, 0.1) is 5.69 Å². The molecule has 1 aliphatic carbocycles. The molecule has 0 amide bonds. The molecule has 0 aromatic heterocycles. The van der Waals surface area contributed by atoms with Gasteiger partial charge in [0.1, 0.15) is 0 Å². The molecule has 3 N–H and O–H groups in total. The molecule has 1 aromatic rings. The summed E-state index contributed by atoms with van der Waals surface area (Å²) in [5.41, 5.74) is 7.60. The van der Waals surface area contributed by atoms with Crippen LogP contribution in [0.25, 0.3) is 0 Å². The number of rotatable bonds is 2. The number of amidine groups is 1. The van der Waals surface area contributed by atoms with Gasteiger partial charge >= 0.3 is 0 Å². The minimum absolute atomic E-state index is 0.147. The summed E-state index contributed by atoms with van der Waals surface area (Å²) < 4.78 is 1.01. The molecule has 3 rings (SSSR count). The molecule has 5 heteroatoms. The van der Waals surface area contributed by atoms with Crippen molar-refractivity contribution in [2.75, 3.05) is 18.0 Å². The number of anilines is 1. The lowest BCUT2D eigenvalue weighted by Crippen LogP contribution is -2.42. The van der Waals surface area contributed by atoms with Crippen LogP contribution in [-0.4, -0.2) is 24.1 Å². The zero-order valence-electron chi connectivity index (χ0n) is 12.1. The SMILES string of the molecule is N/C(=N/O)c1ccc(N2CCC3CCCCC3C2)c(Br)c1. The van der Waals surface area contributed by atoms with E-state index in [1.54, 1.807) is 0 Å². The van der Waals surface area contributed by atoms with Gasteiger partial charge in [-0.2, -0.15) is 0 Å². The Morgan fingerprint density at radius 1 is 1.24 bits per heavy atom. The number of nitrogens with zero attached hydrogens (tertiary/aromatic N) is 2. The Kier molecular flexibility index (Phi) is 4.38. The third-order valence-corrected chi connectivity index (χ3v) is 5.62. The molecule has 1 aromatic carbocycles. The highest BCUT2D eigenvalue weighted by Crippen LogP contribution is 2.39. The van der Waals surface area contributed by atoms with Gasteiger partial charge in [0.2, 0.25) is 0 Å². The zero-order chi connectivity index (χ0) is 14.8. The first-order valence-corrected chi connectivity index (χ1v) is 8.50. The fraction of sp³-hybridized carbons (Fsp3) is 0.562. The number of hydrogen-bond donors (Lipinski definition) is 2. The van der Waals surface area contributed by atoms with Crippen LogP contribution in [0.5, 0.6) is 0 Å². The number of hydrogen-bond acceptors (Lipinski definition) is 3. The van der Waals surface area contributed by atoms with Gasteiger partial charge in [0.25, 0.3) is 0 Å². The molecule has 1 heterocycles. The van der Waals surface area contributed by atoms with Gasteiger partial charge in [0, 0.05) is 23.1 Å². The predicted octanol–water partition coefficient (Wildman–Crippen LogP) is 3.56. The van der Waals surface area contributed by atoms with Crippen LogP contribution in [-0.2, 0) is 0 Å². The van der Waals surface area contributed by atoms with E-state index in [-0.39, 0.29) is 5.84 Å². The lowest BCUT2D eigenvalue weighted by molar-refractivity contribution is 0.202. The van der Waals surface area contributed by atoms with Gasteiger partial charge in [-0.1, -0.05) is 24.4 Å². The standard InChI is InChI=1S/C16H22BrN3O/c17-14-9-12(16(18)19-21)5-6-15(14)20-8-7-11-3-1-2-4-13(11)10-20/h5-6,9,11,13,21H,1-4,7-8,10H2,(H2,18,19). The smallest absolute Gasteiger partial charge is 0.170 e. The summed E-state index contributed by atoms with van der Waals surface area (Å²) in [7, 11) is 0. The second-order valence-electron chi connectivity index (χ2n) is 6.19. The Morgan fingerprint density at radius 3 is 2.71 bits per heavy atom. The Morgan fingerprint density at radius 2 is 2.00 bits per heavy atom. The largest absolute Gasteiger partial charge is 0.409 e. The molecule has 2 fully saturated rings. The summed E-state index contributed by atoms with van der Waals surface area (Å²) in [6, 6.07) is 5.92. The van der Waals surface area contributed by atoms with E-state index in [0.717, 1.165) is 35.0 Å². The van der Waals surface area contributed by atoms with Crippen LogP contribution >= 0.6 is 15.9 Å². The summed E-state index contributed by atoms with van der Waals surface area (Å²) in [6.45, 7) is 2.29. The second-order valence-corrected chi connectivity index (χ2v) is 7.05. The van der Waals surface area contributed by atoms with E-state index in [9.17, 15) is 0 Å². The third-order valence-electron chi connectivity index (χ3n) is 4.98. The van der Waals surface area contributed by atoms with Crippen molar-refractivity contribution in [1.82, 2.24) is 0 Å². The average molecular weight is 352 g/mol. The van der Waals surface area contributed by atoms with Crippen molar-refractivity contribution in [3.63, 3.8) is 0 Å². The van der Waals surface area contributed by atoms with E-state index in [1.165, 1.54) is 37.8 Å². The summed E-state index contributed by atoms with van der Waals surface area (Å²) in [6.07, 6.45) is 6.90. The molecule has 1 saturated heterocycles. The highest BCUT2D eigenvalue weighted by Gasteiger charge is 2.31.